The zero-order valence-electron chi connectivity index (χ0n) is 23.0. The number of benzene rings is 2. The second-order valence-corrected chi connectivity index (χ2v) is 10.4. The van der Waals surface area contributed by atoms with E-state index in [-0.39, 0.29) is 30.5 Å². The number of fused-ring (bicyclic) bond motifs is 2. The first-order valence-electron chi connectivity index (χ1n) is 13.3. The number of hydrogen-bond donors (Lipinski definition) is 0. The standard InChI is InChI=1S/C31H26N2O8S/c1-4-37-29(35)19-8-6-18(7-9-19)22-13-11-21(41-22)15-25-28(34)33-27(20-10-12-23-24(14-20)40-16-39-23)26(30(36)38-5-2)17(3)32-31(33)42-25/h6-15,27H,4-5,16H2,1-3H3/b25-15+/t27-/m0/s1. The Morgan fingerprint density at radius 1 is 1.00 bits per heavy atom. The number of nitrogens with zero attached hydrogens (tertiary/aromatic N) is 2. The first-order valence-corrected chi connectivity index (χ1v) is 14.2. The number of carbonyl (C=O) groups excluding carboxylic acids is 2. The Kier molecular flexibility index (Phi) is 7.26. The molecule has 2 aliphatic rings. The maximum absolute atomic E-state index is 13.9. The van der Waals surface area contributed by atoms with Crippen LogP contribution in [-0.4, -0.2) is 36.5 Å². The van der Waals surface area contributed by atoms with Crippen molar-refractivity contribution in [2.24, 2.45) is 4.99 Å². The summed E-state index contributed by atoms with van der Waals surface area (Å²) in [5.41, 5.74) is 2.30. The Labute approximate surface area is 243 Å². The number of allylic oxidation sites excluding steroid dienone is 1. The monoisotopic (exact) mass is 586 g/mol. The van der Waals surface area contributed by atoms with Gasteiger partial charge in [-0.1, -0.05) is 29.5 Å². The summed E-state index contributed by atoms with van der Waals surface area (Å²) in [5, 5.41) is 0. The number of rotatable bonds is 7. The minimum atomic E-state index is -0.776. The number of thiazole rings is 1. The van der Waals surface area contributed by atoms with E-state index in [2.05, 4.69) is 4.99 Å². The molecule has 0 amide bonds. The Hall–Kier alpha value is -4.90. The highest BCUT2D eigenvalue weighted by atomic mass is 32.1. The number of esters is 2. The second-order valence-electron chi connectivity index (χ2n) is 9.41. The number of aromatic nitrogens is 1. The molecular weight excluding hydrogens is 560 g/mol. The fraction of sp³-hybridized carbons (Fsp3) is 0.226. The summed E-state index contributed by atoms with van der Waals surface area (Å²) >= 11 is 1.20. The molecule has 0 unspecified atom stereocenters. The summed E-state index contributed by atoms with van der Waals surface area (Å²) < 4.78 is 29.3. The van der Waals surface area contributed by atoms with Gasteiger partial charge in [-0.25, -0.2) is 14.6 Å². The van der Waals surface area contributed by atoms with Crippen molar-refractivity contribution in [2.45, 2.75) is 26.8 Å². The number of hydrogen-bond acceptors (Lipinski definition) is 10. The topological polar surface area (TPSA) is 119 Å². The van der Waals surface area contributed by atoms with Gasteiger partial charge in [0.15, 0.2) is 16.3 Å². The quantitative estimate of drug-likeness (QED) is 0.299. The lowest BCUT2D eigenvalue weighted by Gasteiger charge is -2.24. The van der Waals surface area contributed by atoms with Crippen molar-refractivity contribution in [3.8, 4) is 22.8 Å². The number of ether oxygens (including phenoxy) is 4. The molecule has 4 aromatic rings. The number of furan rings is 1. The van der Waals surface area contributed by atoms with Gasteiger partial charge in [-0.05, 0) is 62.7 Å². The van der Waals surface area contributed by atoms with E-state index >= 15 is 0 Å². The van der Waals surface area contributed by atoms with Crippen LogP contribution in [0.3, 0.4) is 0 Å². The van der Waals surface area contributed by atoms with Gasteiger partial charge in [-0.3, -0.25) is 9.36 Å². The molecule has 4 heterocycles. The Morgan fingerprint density at radius 2 is 1.74 bits per heavy atom. The Bertz CT molecular complexity index is 1910. The van der Waals surface area contributed by atoms with Gasteiger partial charge in [-0.2, -0.15) is 0 Å². The average Bonchev–Trinajstić information content (AvgIpc) is 3.72. The third-order valence-corrected chi connectivity index (χ3v) is 7.79. The first-order chi connectivity index (χ1) is 20.4. The lowest BCUT2D eigenvalue weighted by molar-refractivity contribution is -0.139. The van der Waals surface area contributed by atoms with Gasteiger partial charge in [0.1, 0.15) is 11.5 Å². The molecule has 10 nitrogen and oxygen atoms in total. The highest BCUT2D eigenvalue weighted by Crippen LogP contribution is 2.38. The predicted octanol–water partition coefficient (Wildman–Crippen LogP) is 3.96. The average molecular weight is 587 g/mol. The lowest BCUT2D eigenvalue weighted by Crippen LogP contribution is -2.39. The van der Waals surface area contributed by atoms with E-state index in [0.29, 0.717) is 55.8 Å². The van der Waals surface area contributed by atoms with Gasteiger partial charge >= 0.3 is 11.9 Å². The molecule has 0 bridgehead atoms. The summed E-state index contributed by atoms with van der Waals surface area (Å²) in [6.07, 6.45) is 1.65. The molecule has 2 aromatic heterocycles. The highest BCUT2D eigenvalue weighted by Gasteiger charge is 2.34. The van der Waals surface area contributed by atoms with Gasteiger partial charge in [0.2, 0.25) is 6.79 Å². The fourth-order valence-electron chi connectivity index (χ4n) is 4.89. The molecule has 42 heavy (non-hydrogen) atoms. The van der Waals surface area contributed by atoms with Gasteiger partial charge < -0.3 is 23.4 Å². The number of carbonyl (C=O) groups is 2. The minimum Gasteiger partial charge on any atom is -0.463 e. The molecular formula is C31H26N2O8S. The van der Waals surface area contributed by atoms with Crippen LogP contribution in [-0.2, 0) is 14.3 Å². The summed E-state index contributed by atoms with van der Waals surface area (Å²) in [4.78, 5) is 44.0. The Morgan fingerprint density at radius 3 is 2.50 bits per heavy atom. The van der Waals surface area contributed by atoms with E-state index in [4.69, 9.17) is 23.4 Å². The molecule has 0 radical (unpaired) electrons. The molecule has 2 aromatic carbocycles. The second kappa shape index (κ2) is 11.2. The van der Waals surface area contributed by atoms with Crippen molar-refractivity contribution in [1.82, 2.24) is 4.57 Å². The maximum atomic E-state index is 13.9. The molecule has 11 heteroatoms. The van der Waals surface area contributed by atoms with Crippen molar-refractivity contribution < 1.29 is 33.0 Å². The molecule has 1 atom stereocenters. The van der Waals surface area contributed by atoms with Gasteiger partial charge in [0.25, 0.3) is 5.56 Å². The molecule has 0 N–H and O–H groups in total. The van der Waals surface area contributed by atoms with Crippen LogP contribution in [0.2, 0.25) is 0 Å². The molecule has 0 aliphatic carbocycles. The molecule has 214 valence electrons. The van der Waals surface area contributed by atoms with E-state index in [1.165, 1.54) is 15.9 Å². The normalized spacial score (nSPS) is 15.8. The van der Waals surface area contributed by atoms with E-state index in [1.54, 1.807) is 81.4 Å². The molecule has 2 aliphatic heterocycles. The summed E-state index contributed by atoms with van der Waals surface area (Å²) in [5.74, 6) is 1.23. The van der Waals surface area contributed by atoms with Crippen LogP contribution >= 0.6 is 11.3 Å². The van der Waals surface area contributed by atoms with E-state index < -0.39 is 12.0 Å². The van der Waals surface area contributed by atoms with Crippen molar-refractivity contribution in [3.63, 3.8) is 0 Å². The van der Waals surface area contributed by atoms with E-state index in [1.807, 2.05) is 0 Å². The van der Waals surface area contributed by atoms with Crippen LogP contribution < -0.4 is 24.4 Å². The smallest absolute Gasteiger partial charge is 0.338 e. The van der Waals surface area contributed by atoms with Crippen LogP contribution in [0.1, 0.15) is 48.5 Å². The van der Waals surface area contributed by atoms with Crippen LogP contribution in [0.5, 0.6) is 11.5 Å². The van der Waals surface area contributed by atoms with Gasteiger partial charge in [-0.15, -0.1) is 0 Å². The van der Waals surface area contributed by atoms with E-state index in [0.717, 1.165) is 5.56 Å². The largest absolute Gasteiger partial charge is 0.463 e. The van der Waals surface area contributed by atoms with Crippen molar-refractivity contribution in [2.75, 3.05) is 20.0 Å². The molecule has 0 spiro atoms. The fourth-order valence-corrected chi connectivity index (χ4v) is 5.92. The Balaban J connectivity index is 1.40. The lowest BCUT2D eigenvalue weighted by atomic mass is 9.95. The zero-order valence-corrected chi connectivity index (χ0v) is 23.9. The third kappa shape index (κ3) is 4.92. The highest BCUT2D eigenvalue weighted by molar-refractivity contribution is 7.07. The molecule has 0 saturated carbocycles. The van der Waals surface area contributed by atoms with Gasteiger partial charge in [0.05, 0.1) is 40.6 Å². The SMILES string of the molecule is CCOC(=O)C1=C(C)N=c2s/c(=C/c3ccc(-c4ccc(C(=O)OCC)cc4)o3)c(=O)n2[C@H]1c1ccc2c(c1)OCO2. The zero-order chi connectivity index (χ0) is 29.4. The first kappa shape index (κ1) is 27.3. The summed E-state index contributed by atoms with van der Waals surface area (Å²) in [6, 6.07) is 15.0. The van der Waals surface area contributed by atoms with Crippen LogP contribution in [0.15, 0.2) is 80.1 Å². The van der Waals surface area contributed by atoms with Crippen LogP contribution in [0.4, 0.5) is 0 Å². The molecule has 0 saturated heterocycles. The third-order valence-electron chi connectivity index (χ3n) is 6.81. The van der Waals surface area contributed by atoms with Crippen LogP contribution in [0, 0.1) is 0 Å². The molecule has 6 rings (SSSR count). The van der Waals surface area contributed by atoms with Crippen molar-refractivity contribution >= 4 is 29.4 Å². The minimum absolute atomic E-state index is 0.0990. The van der Waals surface area contributed by atoms with Crippen LogP contribution in [0.25, 0.3) is 17.4 Å². The van der Waals surface area contributed by atoms with Crippen molar-refractivity contribution in [3.05, 3.63) is 102 Å². The van der Waals surface area contributed by atoms with Crippen molar-refractivity contribution in [1.29, 1.82) is 0 Å². The summed E-state index contributed by atoms with van der Waals surface area (Å²) in [7, 11) is 0. The van der Waals surface area contributed by atoms with Gasteiger partial charge in [0, 0.05) is 11.6 Å². The maximum Gasteiger partial charge on any atom is 0.338 e. The van der Waals surface area contributed by atoms with E-state index in [9.17, 15) is 14.4 Å². The molecule has 0 fully saturated rings. The summed E-state index contributed by atoms with van der Waals surface area (Å²) in [6.45, 7) is 5.79. The predicted molar refractivity (Wildman–Crippen MR) is 153 cm³/mol.